The number of anilines is 1. The second-order valence-electron chi connectivity index (χ2n) is 7.66. The van der Waals surface area contributed by atoms with Gasteiger partial charge in [0.05, 0.1) is 11.1 Å². The van der Waals surface area contributed by atoms with Gasteiger partial charge in [0, 0.05) is 25.3 Å². The van der Waals surface area contributed by atoms with Gasteiger partial charge in [-0.25, -0.2) is 0 Å². The molecule has 0 saturated heterocycles. The highest BCUT2D eigenvalue weighted by atomic mass is 16.5. The van der Waals surface area contributed by atoms with Crippen LogP contribution in [0.5, 0.6) is 5.75 Å². The van der Waals surface area contributed by atoms with Gasteiger partial charge in [-0.3, -0.25) is 4.79 Å². The number of rotatable bonds is 7. The zero-order chi connectivity index (χ0) is 21.1. The molecular formula is C24H27N3O3. The number of carbonyl (C=O) groups excluding carboxylic acids is 1. The van der Waals surface area contributed by atoms with Gasteiger partial charge in [-0.05, 0) is 57.0 Å². The second-order valence-corrected chi connectivity index (χ2v) is 7.66. The summed E-state index contributed by atoms with van der Waals surface area (Å²) in [7, 11) is 0. The summed E-state index contributed by atoms with van der Waals surface area (Å²) in [4.78, 5) is 15.0. The molecule has 0 spiro atoms. The first-order valence-corrected chi connectivity index (χ1v) is 10.4. The number of amides is 1. The van der Waals surface area contributed by atoms with Crippen molar-refractivity contribution in [1.82, 2.24) is 10.5 Å². The predicted molar refractivity (Wildman–Crippen MR) is 117 cm³/mol. The van der Waals surface area contributed by atoms with Crippen molar-refractivity contribution in [3.05, 3.63) is 64.8 Å². The molecule has 0 saturated carbocycles. The molecule has 1 aliphatic heterocycles. The van der Waals surface area contributed by atoms with Gasteiger partial charge in [-0.15, -0.1) is 0 Å². The van der Waals surface area contributed by atoms with E-state index in [2.05, 4.69) is 53.5 Å². The minimum Gasteiger partial charge on any atom is -0.488 e. The number of aromatic nitrogens is 1. The zero-order valence-electron chi connectivity index (χ0n) is 17.7. The molecule has 2 heterocycles. The maximum absolute atomic E-state index is 12.7. The van der Waals surface area contributed by atoms with Gasteiger partial charge in [0.15, 0.2) is 11.5 Å². The van der Waals surface area contributed by atoms with Gasteiger partial charge in [0.1, 0.15) is 12.4 Å². The number of nitrogens with one attached hydrogen (secondary N) is 1. The molecule has 0 unspecified atom stereocenters. The molecule has 0 radical (unpaired) electrons. The number of benzene rings is 2. The highest BCUT2D eigenvalue weighted by Crippen LogP contribution is 2.39. The van der Waals surface area contributed by atoms with Crippen molar-refractivity contribution in [3.8, 4) is 17.1 Å². The van der Waals surface area contributed by atoms with Crippen molar-refractivity contribution in [2.45, 2.75) is 33.8 Å². The third-order valence-corrected chi connectivity index (χ3v) is 5.39. The standard InChI is InChI=1S/C24H27N3O3/c1-4-27(18-8-5-7-16(2)13-18)12-6-11-25-24(28)22-20-15-29-21-10-9-17(3)14-19(21)23(20)30-26-22/h5,7-10,13-14H,4,6,11-12,15H2,1-3H3,(H,25,28). The van der Waals surface area contributed by atoms with E-state index in [1.807, 2.05) is 25.1 Å². The van der Waals surface area contributed by atoms with E-state index in [4.69, 9.17) is 9.26 Å². The Morgan fingerprint density at radius 3 is 2.80 bits per heavy atom. The first kappa shape index (κ1) is 20.0. The third-order valence-electron chi connectivity index (χ3n) is 5.39. The monoisotopic (exact) mass is 405 g/mol. The van der Waals surface area contributed by atoms with E-state index in [1.165, 1.54) is 11.3 Å². The predicted octanol–water partition coefficient (Wildman–Crippen LogP) is 4.50. The molecule has 3 aromatic rings. The minimum atomic E-state index is -0.224. The molecule has 6 nitrogen and oxygen atoms in total. The lowest BCUT2D eigenvalue weighted by atomic mass is 10.0. The average molecular weight is 405 g/mol. The molecule has 156 valence electrons. The van der Waals surface area contributed by atoms with E-state index < -0.39 is 0 Å². The van der Waals surface area contributed by atoms with Crippen LogP contribution in [-0.4, -0.2) is 30.7 Å². The van der Waals surface area contributed by atoms with Crippen LogP contribution in [0.2, 0.25) is 0 Å². The Morgan fingerprint density at radius 2 is 2.00 bits per heavy atom. The molecule has 1 amide bonds. The summed E-state index contributed by atoms with van der Waals surface area (Å²) < 4.78 is 11.3. The van der Waals surface area contributed by atoms with Crippen LogP contribution < -0.4 is 15.0 Å². The molecule has 0 bridgehead atoms. The molecule has 30 heavy (non-hydrogen) atoms. The second kappa shape index (κ2) is 8.61. The van der Waals surface area contributed by atoms with Crippen LogP contribution in [0.25, 0.3) is 11.3 Å². The van der Waals surface area contributed by atoms with Crippen molar-refractivity contribution in [1.29, 1.82) is 0 Å². The van der Waals surface area contributed by atoms with Crippen molar-refractivity contribution in [2.24, 2.45) is 0 Å². The largest absolute Gasteiger partial charge is 0.488 e. The summed E-state index contributed by atoms with van der Waals surface area (Å²) in [6.07, 6.45) is 0.839. The third kappa shape index (κ3) is 4.03. The highest BCUT2D eigenvalue weighted by molar-refractivity contribution is 5.95. The van der Waals surface area contributed by atoms with E-state index in [0.717, 1.165) is 36.4 Å². The zero-order valence-corrected chi connectivity index (χ0v) is 17.7. The molecule has 1 aliphatic rings. The van der Waals surface area contributed by atoms with Crippen LogP contribution in [0.4, 0.5) is 5.69 Å². The number of aryl methyl sites for hydroxylation is 2. The molecule has 0 atom stereocenters. The van der Waals surface area contributed by atoms with Crippen molar-refractivity contribution in [3.63, 3.8) is 0 Å². The number of ether oxygens (including phenoxy) is 1. The van der Waals surface area contributed by atoms with Crippen LogP contribution >= 0.6 is 0 Å². The van der Waals surface area contributed by atoms with E-state index in [0.29, 0.717) is 23.6 Å². The first-order valence-electron chi connectivity index (χ1n) is 10.4. The number of hydrogen-bond donors (Lipinski definition) is 1. The Morgan fingerprint density at radius 1 is 1.17 bits per heavy atom. The number of nitrogens with zero attached hydrogens (tertiary/aromatic N) is 2. The Kier molecular flexibility index (Phi) is 5.74. The summed E-state index contributed by atoms with van der Waals surface area (Å²) >= 11 is 0. The van der Waals surface area contributed by atoms with Crippen molar-refractivity contribution in [2.75, 3.05) is 24.5 Å². The topological polar surface area (TPSA) is 67.6 Å². The summed E-state index contributed by atoms with van der Waals surface area (Å²) in [5.41, 5.74) is 5.42. The fraction of sp³-hybridized carbons (Fsp3) is 0.333. The van der Waals surface area contributed by atoms with E-state index in [1.54, 1.807) is 0 Å². The van der Waals surface area contributed by atoms with E-state index in [9.17, 15) is 4.79 Å². The summed E-state index contributed by atoms with van der Waals surface area (Å²) in [6, 6.07) is 14.4. The van der Waals surface area contributed by atoms with Crippen molar-refractivity contribution < 1.29 is 14.1 Å². The SMILES string of the molecule is CCN(CCCNC(=O)c1noc2c1COc1ccc(C)cc1-2)c1cccc(C)c1. The maximum atomic E-state index is 12.7. The van der Waals surface area contributed by atoms with Gasteiger partial charge in [0.2, 0.25) is 0 Å². The van der Waals surface area contributed by atoms with Gasteiger partial charge < -0.3 is 19.5 Å². The Hall–Kier alpha value is -3.28. The smallest absolute Gasteiger partial charge is 0.273 e. The lowest BCUT2D eigenvalue weighted by molar-refractivity contribution is 0.0942. The molecule has 1 N–H and O–H groups in total. The Balaban J connectivity index is 1.37. The summed E-state index contributed by atoms with van der Waals surface area (Å²) in [6.45, 7) is 8.89. The number of carbonyl (C=O) groups is 1. The fourth-order valence-electron chi connectivity index (χ4n) is 3.78. The van der Waals surface area contributed by atoms with Crippen LogP contribution in [0.15, 0.2) is 47.0 Å². The van der Waals surface area contributed by atoms with Crippen molar-refractivity contribution >= 4 is 11.6 Å². The minimum absolute atomic E-state index is 0.224. The Bertz CT molecular complexity index is 1060. The van der Waals surface area contributed by atoms with Gasteiger partial charge in [0.25, 0.3) is 5.91 Å². The molecule has 6 heteroatoms. The van der Waals surface area contributed by atoms with Crippen LogP contribution in [0, 0.1) is 13.8 Å². The Labute approximate surface area is 176 Å². The van der Waals surface area contributed by atoms with Crippen LogP contribution in [0.3, 0.4) is 0 Å². The molecular weight excluding hydrogens is 378 g/mol. The molecule has 1 aromatic heterocycles. The number of hydrogen-bond acceptors (Lipinski definition) is 5. The van der Waals surface area contributed by atoms with E-state index in [-0.39, 0.29) is 12.5 Å². The molecule has 0 fully saturated rings. The molecule has 2 aromatic carbocycles. The quantitative estimate of drug-likeness (QED) is 0.586. The first-order chi connectivity index (χ1) is 14.6. The molecule has 0 aliphatic carbocycles. The van der Waals surface area contributed by atoms with E-state index >= 15 is 0 Å². The molecule has 4 rings (SSSR count). The van der Waals surface area contributed by atoms with Gasteiger partial charge >= 0.3 is 0 Å². The average Bonchev–Trinajstić information content (AvgIpc) is 3.18. The maximum Gasteiger partial charge on any atom is 0.273 e. The summed E-state index contributed by atoms with van der Waals surface area (Å²) in [5.74, 6) is 1.16. The van der Waals surface area contributed by atoms with Gasteiger partial charge in [-0.2, -0.15) is 0 Å². The summed E-state index contributed by atoms with van der Waals surface area (Å²) in [5, 5.41) is 7.01. The van der Waals surface area contributed by atoms with Crippen LogP contribution in [0.1, 0.15) is 40.5 Å². The fourth-order valence-corrected chi connectivity index (χ4v) is 3.78. The normalized spacial score (nSPS) is 12.0. The lowest BCUT2D eigenvalue weighted by Crippen LogP contribution is -2.30. The van der Waals surface area contributed by atoms with Gasteiger partial charge in [-0.1, -0.05) is 28.9 Å². The highest BCUT2D eigenvalue weighted by Gasteiger charge is 2.28. The lowest BCUT2D eigenvalue weighted by Gasteiger charge is -2.23. The van der Waals surface area contributed by atoms with Crippen LogP contribution in [-0.2, 0) is 6.61 Å². The number of fused-ring (bicyclic) bond motifs is 3.